The maximum Gasteiger partial charge on any atom is 0.318 e. The van der Waals surface area contributed by atoms with Crippen LogP contribution in [-0.2, 0) is 9.59 Å². The Balaban J connectivity index is 2.92. The highest BCUT2D eigenvalue weighted by Crippen LogP contribution is 2.22. The number of hydrogen-bond donors (Lipinski definition) is 2. The van der Waals surface area contributed by atoms with Crippen molar-refractivity contribution < 1.29 is 14.7 Å². The molecule has 0 heterocycles. The lowest BCUT2D eigenvalue weighted by Gasteiger charge is -2.18. The minimum Gasteiger partial charge on any atom is -0.480 e. The molecule has 92 valence electrons. The van der Waals surface area contributed by atoms with Gasteiger partial charge in [0.2, 0.25) is 5.91 Å². The molecule has 2 N–H and O–H groups in total. The van der Waals surface area contributed by atoms with Gasteiger partial charge in [-0.1, -0.05) is 15.9 Å². The van der Waals surface area contributed by atoms with Crippen molar-refractivity contribution in [3.63, 3.8) is 0 Å². The van der Waals surface area contributed by atoms with Crippen molar-refractivity contribution in [3.8, 4) is 0 Å². The average Bonchev–Trinajstić information content (AvgIpc) is 2.15. The molecule has 0 unspecified atom stereocenters. The maximum absolute atomic E-state index is 11.8. The van der Waals surface area contributed by atoms with Crippen molar-refractivity contribution in [1.29, 1.82) is 0 Å². The van der Waals surface area contributed by atoms with Crippen molar-refractivity contribution in [3.05, 3.63) is 28.2 Å². The van der Waals surface area contributed by atoms with Gasteiger partial charge in [0.05, 0.1) is 0 Å². The molecule has 0 aliphatic carbocycles. The Morgan fingerprint density at radius 2 is 1.88 bits per heavy atom. The number of carboxylic acid groups (broad SMARTS) is 1. The summed E-state index contributed by atoms with van der Waals surface area (Å²) in [5.41, 5.74) is 0.106. The van der Waals surface area contributed by atoms with Crippen LogP contribution in [0.1, 0.15) is 19.4 Å². The largest absolute Gasteiger partial charge is 0.480 e. The first kappa shape index (κ1) is 13.7. The van der Waals surface area contributed by atoms with Crippen LogP contribution < -0.4 is 5.32 Å². The third kappa shape index (κ3) is 3.30. The van der Waals surface area contributed by atoms with E-state index in [1.807, 2.05) is 13.0 Å². The second kappa shape index (κ2) is 4.87. The normalized spacial score (nSPS) is 11.1. The van der Waals surface area contributed by atoms with Gasteiger partial charge in [-0.15, -0.1) is 0 Å². The van der Waals surface area contributed by atoms with Gasteiger partial charge in [-0.05, 0) is 44.5 Å². The fourth-order valence-corrected chi connectivity index (χ4v) is 1.80. The topological polar surface area (TPSA) is 66.4 Å². The van der Waals surface area contributed by atoms with Crippen molar-refractivity contribution in [2.45, 2.75) is 20.8 Å². The average molecular weight is 300 g/mol. The number of carbonyl (C=O) groups excluding carboxylic acids is 1. The summed E-state index contributed by atoms with van der Waals surface area (Å²) in [6, 6.07) is 5.40. The zero-order valence-electron chi connectivity index (χ0n) is 9.87. The third-order valence-corrected chi connectivity index (χ3v) is 2.86. The standard InChI is InChI=1S/C12H14BrNO3/c1-7-4-8(13)6-9(5-7)14-10(15)12(2,3)11(16)17/h4-6H,1-3H3,(H,14,15)(H,16,17). The summed E-state index contributed by atoms with van der Waals surface area (Å²) in [6.45, 7) is 4.63. The molecule has 1 amide bonds. The first-order valence-corrected chi connectivity index (χ1v) is 5.85. The van der Waals surface area contributed by atoms with Crippen LogP contribution in [0.4, 0.5) is 5.69 Å². The summed E-state index contributed by atoms with van der Waals surface area (Å²) in [4.78, 5) is 22.7. The summed E-state index contributed by atoms with van der Waals surface area (Å²) >= 11 is 3.31. The van der Waals surface area contributed by atoms with Gasteiger partial charge in [0.25, 0.3) is 0 Å². The molecule has 0 atom stereocenters. The summed E-state index contributed by atoms with van der Waals surface area (Å²) in [6.07, 6.45) is 0. The monoisotopic (exact) mass is 299 g/mol. The molecule has 0 spiro atoms. The molecule has 0 aliphatic heterocycles. The van der Waals surface area contributed by atoms with E-state index in [2.05, 4.69) is 21.2 Å². The molecule has 0 saturated heterocycles. The number of aliphatic carboxylic acids is 1. The quantitative estimate of drug-likeness (QED) is 0.844. The van der Waals surface area contributed by atoms with Crippen LogP contribution in [0.15, 0.2) is 22.7 Å². The van der Waals surface area contributed by atoms with Crippen LogP contribution in [0.2, 0.25) is 0 Å². The predicted octanol–water partition coefficient (Wildman–Crippen LogP) is 2.81. The molecule has 1 aromatic rings. The molecule has 0 aliphatic rings. The van der Waals surface area contributed by atoms with Gasteiger partial charge in [-0.3, -0.25) is 9.59 Å². The Hall–Kier alpha value is -1.36. The summed E-state index contributed by atoms with van der Waals surface area (Å²) in [7, 11) is 0. The fraction of sp³-hybridized carbons (Fsp3) is 0.333. The molecular formula is C12H14BrNO3. The molecule has 0 saturated carbocycles. The molecule has 1 rings (SSSR count). The van der Waals surface area contributed by atoms with E-state index in [-0.39, 0.29) is 0 Å². The van der Waals surface area contributed by atoms with Crippen LogP contribution in [0.25, 0.3) is 0 Å². The lowest BCUT2D eigenvalue weighted by molar-refractivity contribution is -0.151. The molecular weight excluding hydrogens is 286 g/mol. The van der Waals surface area contributed by atoms with Gasteiger partial charge in [-0.25, -0.2) is 0 Å². The molecule has 0 aromatic heterocycles. The Kier molecular flexibility index (Phi) is 3.93. The number of hydrogen-bond acceptors (Lipinski definition) is 2. The summed E-state index contributed by atoms with van der Waals surface area (Å²) in [5, 5.41) is 11.5. The Bertz CT molecular complexity index is 449. The highest BCUT2D eigenvalue weighted by atomic mass is 79.9. The number of aryl methyl sites for hydroxylation is 1. The summed E-state index contributed by atoms with van der Waals surface area (Å²) < 4.78 is 0.834. The van der Waals surface area contributed by atoms with Gasteiger partial charge in [0.15, 0.2) is 0 Å². The highest BCUT2D eigenvalue weighted by Gasteiger charge is 2.36. The number of rotatable bonds is 3. The van der Waals surface area contributed by atoms with Crippen molar-refractivity contribution in [2.75, 3.05) is 5.32 Å². The van der Waals surface area contributed by atoms with E-state index in [1.54, 1.807) is 12.1 Å². The van der Waals surface area contributed by atoms with E-state index in [9.17, 15) is 9.59 Å². The maximum atomic E-state index is 11.8. The Morgan fingerprint density at radius 1 is 1.29 bits per heavy atom. The number of nitrogens with one attached hydrogen (secondary N) is 1. The molecule has 0 radical (unpaired) electrons. The van der Waals surface area contributed by atoms with E-state index in [1.165, 1.54) is 13.8 Å². The van der Waals surface area contributed by atoms with E-state index in [4.69, 9.17) is 5.11 Å². The van der Waals surface area contributed by atoms with Crippen LogP contribution in [0, 0.1) is 12.3 Å². The number of benzene rings is 1. The zero-order chi connectivity index (χ0) is 13.2. The number of carboxylic acids is 1. The van der Waals surface area contributed by atoms with E-state index < -0.39 is 17.3 Å². The lowest BCUT2D eigenvalue weighted by atomic mass is 9.92. The van der Waals surface area contributed by atoms with Gasteiger partial charge < -0.3 is 10.4 Å². The van der Waals surface area contributed by atoms with Gasteiger partial charge in [0.1, 0.15) is 5.41 Å². The van der Waals surface area contributed by atoms with E-state index in [0.29, 0.717) is 5.69 Å². The summed E-state index contributed by atoms with van der Waals surface area (Å²) in [5.74, 6) is -1.69. The van der Waals surface area contributed by atoms with Crippen molar-refractivity contribution in [1.82, 2.24) is 0 Å². The lowest BCUT2D eigenvalue weighted by Crippen LogP contribution is -2.37. The van der Waals surface area contributed by atoms with Gasteiger partial charge >= 0.3 is 5.97 Å². The van der Waals surface area contributed by atoms with Crippen LogP contribution >= 0.6 is 15.9 Å². The van der Waals surface area contributed by atoms with Crippen LogP contribution in [-0.4, -0.2) is 17.0 Å². The molecule has 1 aromatic carbocycles. The molecule has 0 fully saturated rings. The van der Waals surface area contributed by atoms with Crippen LogP contribution in [0.3, 0.4) is 0 Å². The second-order valence-electron chi connectivity index (χ2n) is 4.40. The highest BCUT2D eigenvalue weighted by molar-refractivity contribution is 9.10. The first-order valence-electron chi connectivity index (χ1n) is 5.05. The fourth-order valence-electron chi connectivity index (χ4n) is 1.19. The zero-order valence-corrected chi connectivity index (χ0v) is 11.5. The molecule has 0 bridgehead atoms. The minimum absolute atomic E-state index is 0.539. The predicted molar refractivity (Wildman–Crippen MR) is 68.9 cm³/mol. The molecule has 17 heavy (non-hydrogen) atoms. The molecule has 5 heteroatoms. The number of anilines is 1. The second-order valence-corrected chi connectivity index (χ2v) is 5.32. The smallest absolute Gasteiger partial charge is 0.318 e. The number of amides is 1. The Morgan fingerprint density at radius 3 is 2.35 bits per heavy atom. The van der Waals surface area contributed by atoms with E-state index in [0.717, 1.165) is 10.0 Å². The number of halogens is 1. The minimum atomic E-state index is -1.45. The SMILES string of the molecule is Cc1cc(Br)cc(NC(=O)C(C)(C)C(=O)O)c1. The Labute approximate surface area is 108 Å². The first-order chi connectivity index (χ1) is 7.73. The molecule has 4 nitrogen and oxygen atoms in total. The van der Waals surface area contributed by atoms with Crippen molar-refractivity contribution in [2.24, 2.45) is 5.41 Å². The van der Waals surface area contributed by atoms with Gasteiger partial charge in [0, 0.05) is 10.2 Å². The van der Waals surface area contributed by atoms with Crippen molar-refractivity contribution >= 4 is 33.5 Å². The van der Waals surface area contributed by atoms with Crippen LogP contribution in [0.5, 0.6) is 0 Å². The van der Waals surface area contributed by atoms with E-state index >= 15 is 0 Å². The third-order valence-electron chi connectivity index (χ3n) is 2.40. The number of carbonyl (C=O) groups is 2. The van der Waals surface area contributed by atoms with Gasteiger partial charge in [-0.2, -0.15) is 0 Å².